The monoisotopic (exact) mass is 468 g/mol. The Hall–Kier alpha value is -2.08. The molecule has 2 fully saturated rings. The van der Waals surface area contributed by atoms with Gasteiger partial charge in [-0.15, -0.1) is 0 Å². The van der Waals surface area contributed by atoms with Crippen LogP contribution in [0.1, 0.15) is 51.8 Å². The maximum atomic E-state index is 6.34. The third-order valence-corrected chi connectivity index (χ3v) is 8.57. The van der Waals surface area contributed by atoms with Gasteiger partial charge in [-0.25, -0.2) is 0 Å². The Labute approximate surface area is 193 Å². The van der Waals surface area contributed by atoms with Crippen molar-refractivity contribution in [2.75, 3.05) is 26.4 Å². The largest absolute Gasteiger partial charge is 0.451 e. The molecule has 174 valence electrons. The van der Waals surface area contributed by atoms with E-state index in [4.69, 9.17) is 27.8 Å². The number of benzene rings is 1. The molecule has 5 heterocycles. The molecule has 6 rings (SSSR count). The molecule has 2 aliphatic rings. The predicted octanol–water partition coefficient (Wildman–Crippen LogP) is 7.30. The molecule has 0 atom stereocenters. The van der Waals surface area contributed by atoms with Crippen LogP contribution in [0.2, 0.25) is 0 Å². The Balaban J connectivity index is 1.44. The van der Waals surface area contributed by atoms with Crippen molar-refractivity contribution < 1.29 is 27.8 Å². The zero-order valence-corrected chi connectivity index (χ0v) is 20.3. The van der Waals surface area contributed by atoms with E-state index in [1.54, 1.807) is 0 Å². The molecule has 0 bridgehead atoms. The zero-order chi connectivity index (χ0) is 22.8. The lowest BCUT2D eigenvalue weighted by atomic mass is 9.95. The van der Waals surface area contributed by atoms with Crippen LogP contribution < -0.4 is 0 Å². The Morgan fingerprint density at radius 2 is 1.09 bits per heavy atom. The quantitative estimate of drug-likeness (QED) is 0.314. The van der Waals surface area contributed by atoms with E-state index >= 15 is 0 Å². The number of fused-ring (bicyclic) bond motifs is 3. The standard InChI is InChI=1S/C26H29O6P/c1-25(2)12-27-23(28-13-25)17-10-19-21(31-17)22-20(33(19)16-8-6-5-7-9-16)11-18(32-22)24-29-14-26(3,4)15-30-24/h5-11,23-24H,12-15H2,1-4H3. The van der Waals surface area contributed by atoms with Crippen molar-refractivity contribution in [2.24, 2.45) is 10.8 Å². The second-order valence-corrected chi connectivity index (χ2v) is 12.8. The first-order valence-corrected chi connectivity index (χ1v) is 12.7. The molecular formula is C26H29O6P. The first kappa shape index (κ1) is 21.5. The van der Waals surface area contributed by atoms with E-state index in [1.165, 1.54) is 5.30 Å². The van der Waals surface area contributed by atoms with Gasteiger partial charge in [-0.05, 0) is 17.4 Å². The van der Waals surface area contributed by atoms with Gasteiger partial charge in [0.05, 0.1) is 26.4 Å². The van der Waals surface area contributed by atoms with Crippen LogP contribution in [0.25, 0.3) is 26.7 Å². The summed E-state index contributed by atoms with van der Waals surface area (Å²) >= 11 is 0. The number of rotatable bonds is 3. The van der Waals surface area contributed by atoms with Crippen molar-refractivity contribution in [1.29, 1.82) is 0 Å². The molecule has 7 heteroatoms. The summed E-state index contributed by atoms with van der Waals surface area (Å²) in [6.07, 6.45) is -0.997. The zero-order valence-electron chi connectivity index (χ0n) is 19.4. The number of hydrogen-bond acceptors (Lipinski definition) is 6. The highest BCUT2D eigenvalue weighted by Gasteiger charge is 2.34. The fourth-order valence-corrected chi connectivity index (χ4v) is 6.89. The fourth-order valence-electron chi connectivity index (χ4n) is 4.39. The molecule has 0 saturated carbocycles. The first-order chi connectivity index (χ1) is 15.8. The van der Waals surface area contributed by atoms with Crippen molar-refractivity contribution in [3.05, 3.63) is 54.0 Å². The molecule has 2 saturated heterocycles. The molecular weight excluding hydrogens is 439 g/mol. The summed E-state index contributed by atoms with van der Waals surface area (Å²) in [4.78, 5) is 0. The van der Waals surface area contributed by atoms with Crippen LogP contribution in [0.4, 0.5) is 0 Å². The van der Waals surface area contributed by atoms with E-state index in [0.717, 1.165) is 21.4 Å². The second kappa shape index (κ2) is 7.72. The molecule has 0 spiro atoms. The Morgan fingerprint density at radius 1 is 0.667 bits per heavy atom. The second-order valence-electron chi connectivity index (χ2n) is 10.6. The van der Waals surface area contributed by atoms with E-state index in [9.17, 15) is 0 Å². The fraction of sp³-hybridized carbons (Fsp3) is 0.462. The van der Waals surface area contributed by atoms with Crippen molar-refractivity contribution in [3.8, 4) is 5.30 Å². The lowest BCUT2D eigenvalue weighted by molar-refractivity contribution is -0.233. The van der Waals surface area contributed by atoms with Gasteiger partial charge in [-0.2, -0.15) is 0 Å². The average molecular weight is 468 g/mol. The van der Waals surface area contributed by atoms with Crippen LogP contribution in [0.15, 0.2) is 51.3 Å². The van der Waals surface area contributed by atoms with E-state index < -0.39 is 20.1 Å². The van der Waals surface area contributed by atoms with Gasteiger partial charge < -0.3 is 27.8 Å². The molecule has 33 heavy (non-hydrogen) atoms. The molecule has 3 aromatic heterocycles. The molecule has 0 radical (unpaired) electrons. The van der Waals surface area contributed by atoms with Crippen LogP contribution in [-0.4, -0.2) is 26.4 Å². The Bertz CT molecular complexity index is 1190. The van der Waals surface area contributed by atoms with Gasteiger partial charge in [0.2, 0.25) is 12.6 Å². The summed E-state index contributed by atoms with van der Waals surface area (Å²) in [6, 6.07) is 14.7. The summed E-state index contributed by atoms with van der Waals surface area (Å²) in [5, 5.41) is 3.51. The topological polar surface area (TPSA) is 63.2 Å². The van der Waals surface area contributed by atoms with Gasteiger partial charge >= 0.3 is 0 Å². The summed E-state index contributed by atoms with van der Waals surface area (Å²) in [5.41, 5.74) is 1.52. The third kappa shape index (κ3) is 3.84. The van der Waals surface area contributed by atoms with Crippen LogP contribution >= 0.6 is 7.53 Å². The van der Waals surface area contributed by atoms with Gasteiger partial charge in [0.25, 0.3) is 0 Å². The maximum Gasteiger partial charge on any atom is 0.217 e. The van der Waals surface area contributed by atoms with Crippen molar-refractivity contribution in [1.82, 2.24) is 0 Å². The van der Waals surface area contributed by atoms with Gasteiger partial charge in [-0.1, -0.05) is 65.6 Å². The smallest absolute Gasteiger partial charge is 0.217 e. The summed E-state index contributed by atoms with van der Waals surface area (Å²) in [7, 11) is -0.820. The molecule has 4 aromatic rings. The van der Waals surface area contributed by atoms with Crippen molar-refractivity contribution >= 4 is 28.9 Å². The van der Waals surface area contributed by atoms with Crippen LogP contribution in [0.5, 0.6) is 0 Å². The van der Waals surface area contributed by atoms with Gasteiger partial charge in [-0.3, -0.25) is 0 Å². The summed E-state index contributed by atoms with van der Waals surface area (Å²) in [6.45, 7) is 11.0. The summed E-state index contributed by atoms with van der Waals surface area (Å²) < 4.78 is 36.6. The molecule has 0 unspecified atom stereocenters. The van der Waals surface area contributed by atoms with Gasteiger partial charge in [0.1, 0.15) is 0 Å². The molecule has 2 aliphatic heterocycles. The number of ether oxygens (including phenoxy) is 4. The van der Waals surface area contributed by atoms with Crippen LogP contribution in [0.3, 0.4) is 0 Å². The summed E-state index contributed by atoms with van der Waals surface area (Å²) in [5.74, 6) is 1.38. The minimum atomic E-state index is -0.820. The first-order valence-electron chi connectivity index (χ1n) is 11.4. The highest BCUT2D eigenvalue weighted by molar-refractivity contribution is 7.67. The highest BCUT2D eigenvalue weighted by Crippen LogP contribution is 2.58. The number of furan rings is 2. The Kier molecular flexibility index (Phi) is 5.02. The predicted molar refractivity (Wildman–Crippen MR) is 127 cm³/mol. The molecule has 0 N–H and O–H groups in total. The molecule has 1 aromatic carbocycles. The van der Waals surface area contributed by atoms with E-state index in [2.05, 4.69) is 64.1 Å². The minimum absolute atomic E-state index is 0.000122. The SMILES string of the molecule is CC1(C)COC(c2cc3c(o2)c2oc(C4OCC(C)(C)CO4)cc2p3-c2ccccc2)OC1. The lowest BCUT2D eigenvalue weighted by Gasteiger charge is -2.33. The molecule has 6 nitrogen and oxygen atoms in total. The van der Waals surface area contributed by atoms with Gasteiger partial charge in [0.15, 0.2) is 22.7 Å². The Morgan fingerprint density at radius 3 is 1.52 bits per heavy atom. The lowest BCUT2D eigenvalue weighted by Crippen LogP contribution is -2.33. The van der Waals surface area contributed by atoms with Crippen LogP contribution in [0, 0.1) is 10.8 Å². The molecule has 0 aliphatic carbocycles. The third-order valence-electron chi connectivity index (χ3n) is 6.13. The van der Waals surface area contributed by atoms with Crippen LogP contribution in [-0.2, 0) is 18.9 Å². The van der Waals surface area contributed by atoms with Gasteiger partial charge in [0, 0.05) is 21.1 Å². The normalized spacial score (nSPS) is 21.8. The van der Waals surface area contributed by atoms with E-state index in [0.29, 0.717) is 37.9 Å². The molecule has 0 amide bonds. The van der Waals surface area contributed by atoms with Crippen molar-refractivity contribution in [3.63, 3.8) is 0 Å². The minimum Gasteiger partial charge on any atom is -0.451 e. The maximum absolute atomic E-state index is 6.34. The van der Waals surface area contributed by atoms with Crippen molar-refractivity contribution in [2.45, 2.75) is 40.3 Å². The highest BCUT2D eigenvalue weighted by atomic mass is 31.1. The van der Waals surface area contributed by atoms with E-state index in [-0.39, 0.29) is 10.8 Å². The number of hydrogen-bond donors (Lipinski definition) is 0. The average Bonchev–Trinajstić information content (AvgIpc) is 3.45. The van der Waals surface area contributed by atoms with E-state index in [1.807, 2.05) is 6.07 Å².